The number of halogens is 1. The number of carbonyl (C=O) groups excluding carboxylic acids is 1. The predicted octanol–water partition coefficient (Wildman–Crippen LogP) is 3.81. The molecule has 0 aliphatic heterocycles. The quantitative estimate of drug-likeness (QED) is 0.270. The number of nitrogens with zero attached hydrogens (tertiary/aromatic N) is 2. The number of benzene rings is 1. The fourth-order valence-electron chi connectivity index (χ4n) is 2.95. The second kappa shape index (κ2) is 13.2. The average molecular weight is 513 g/mol. The van der Waals surface area contributed by atoms with Gasteiger partial charge in [-0.1, -0.05) is 31.1 Å². The van der Waals surface area contributed by atoms with Gasteiger partial charge in [-0.2, -0.15) is 0 Å². The Hall–Kier alpha value is -2.10. The van der Waals surface area contributed by atoms with Gasteiger partial charge >= 0.3 is 0 Å². The van der Waals surface area contributed by atoms with Crippen LogP contribution in [-0.2, 0) is 13.1 Å². The lowest BCUT2D eigenvalue weighted by Crippen LogP contribution is -2.36. The summed E-state index contributed by atoms with van der Waals surface area (Å²) in [5.41, 5.74) is 2.60. The Balaban J connectivity index is 0.00000420. The first-order valence-corrected chi connectivity index (χ1v) is 9.89. The van der Waals surface area contributed by atoms with Crippen LogP contribution in [0, 0.1) is 0 Å². The maximum atomic E-state index is 11.8. The number of rotatable bonds is 9. The lowest BCUT2D eigenvalue weighted by Gasteiger charge is -2.10. The van der Waals surface area contributed by atoms with E-state index in [2.05, 4.69) is 39.9 Å². The van der Waals surface area contributed by atoms with Crippen LogP contribution in [0.5, 0.6) is 0 Å². The van der Waals surface area contributed by atoms with Gasteiger partial charge < -0.3 is 20.5 Å². The maximum absolute atomic E-state index is 11.8. The lowest BCUT2D eigenvalue weighted by atomic mass is 9.99. The van der Waals surface area contributed by atoms with Gasteiger partial charge in [0.05, 0.1) is 18.8 Å². The Morgan fingerprint density at radius 1 is 1.17 bits per heavy atom. The molecule has 1 amide bonds. The van der Waals surface area contributed by atoms with Crippen molar-refractivity contribution in [2.75, 3.05) is 13.6 Å². The van der Waals surface area contributed by atoms with Crippen molar-refractivity contribution in [3.8, 4) is 0 Å². The van der Waals surface area contributed by atoms with Gasteiger partial charge in [-0.15, -0.1) is 24.0 Å². The van der Waals surface area contributed by atoms with Gasteiger partial charge in [-0.05, 0) is 37.5 Å². The number of aromatic nitrogens is 1. The van der Waals surface area contributed by atoms with Crippen LogP contribution in [0.25, 0.3) is 0 Å². The minimum atomic E-state index is -0.102. The minimum Gasteiger partial charge on any atom is -0.359 e. The van der Waals surface area contributed by atoms with E-state index in [1.807, 2.05) is 31.2 Å². The molecule has 7 nitrogen and oxygen atoms in total. The average Bonchev–Trinajstić information content (AvgIpc) is 3.19. The van der Waals surface area contributed by atoms with Gasteiger partial charge in [0.25, 0.3) is 5.91 Å². The molecule has 0 saturated carbocycles. The van der Waals surface area contributed by atoms with Crippen LogP contribution in [0.2, 0.25) is 0 Å². The molecular weight excluding hydrogens is 481 g/mol. The summed E-state index contributed by atoms with van der Waals surface area (Å²) < 4.78 is 5.46. The molecular formula is C21H32IN5O2. The minimum absolute atomic E-state index is 0. The summed E-state index contributed by atoms with van der Waals surface area (Å²) in [6.45, 7) is 8.07. The molecule has 0 spiro atoms. The molecule has 0 atom stereocenters. The van der Waals surface area contributed by atoms with Crippen molar-refractivity contribution >= 4 is 35.8 Å². The first-order chi connectivity index (χ1) is 13.6. The van der Waals surface area contributed by atoms with Gasteiger partial charge in [0.15, 0.2) is 11.7 Å². The number of aliphatic imine (C=N–C) groups is 1. The number of hydrogen-bond acceptors (Lipinski definition) is 4. The fraction of sp³-hybridized carbons (Fsp3) is 0.476. The molecule has 0 unspecified atom stereocenters. The summed E-state index contributed by atoms with van der Waals surface area (Å²) in [5.74, 6) is 1.81. The van der Waals surface area contributed by atoms with Crippen molar-refractivity contribution in [2.45, 2.75) is 52.6 Å². The molecule has 0 aliphatic carbocycles. The Morgan fingerprint density at radius 3 is 2.59 bits per heavy atom. The summed E-state index contributed by atoms with van der Waals surface area (Å²) in [4.78, 5) is 16.4. The van der Waals surface area contributed by atoms with Crippen molar-refractivity contribution in [2.24, 2.45) is 4.99 Å². The van der Waals surface area contributed by atoms with Crippen LogP contribution in [0.1, 0.15) is 66.9 Å². The summed E-state index contributed by atoms with van der Waals surface area (Å²) >= 11 is 0. The highest BCUT2D eigenvalue weighted by molar-refractivity contribution is 14.0. The molecule has 0 radical (unpaired) electrons. The summed E-state index contributed by atoms with van der Waals surface area (Å²) in [6, 6.07) is 9.48. The fourth-order valence-corrected chi connectivity index (χ4v) is 2.95. The Labute approximate surface area is 190 Å². The van der Waals surface area contributed by atoms with Crippen molar-refractivity contribution in [3.63, 3.8) is 0 Å². The molecule has 29 heavy (non-hydrogen) atoms. The zero-order valence-corrected chi connectivity index (χ0v) is 19.9. The van der Waals surface area contributed by atoms with E-state index in [0.717, 1.165) is 36.4 Å². The van der Waals surface area contributed by atoms with Crippen LogP contribution < -0.4 is 16.0 Å². The van der Waals surface area contributed by atoms with Crippen LogP contribution in [0.3, 0.4) is 0 Å². The molecule has 3 N–H and O–H groups in total. The number of carbonyl (C=O) groups is 1. The molecule has 1 heterocycles. The van der Waals surface area contributed by atoms with E-state index >= 15 is 0 Å². The van der Waals surface area contributed by atoms with E-state index in [4.69, 9.17) is 4.52 Å². The molecule has 1 aromatic heterocycles. The van der Waals surface area contributed by atoms with Crippen molar-refractivity contribution in [3.05, 3.63) is 52.9 Å². The number of amides is 1. The zero-order chi connectivity index (χ0) is 20.4. The molecule has 1 aromatic carbocycles. The summed E-state index contributed by atoms with van der Waals surface area (Å²) in [6.07, 6.45) is 2.10. The number of guanidine groups is 1. The first-order valence-electron chi connectivity index (χ1n) is 9.89. The van der Waals surface area contributed by atoms with Crippen LogP contribution in [0.15, 0.2) is 39.8 Å². The van der Waals surface area contributed by atoms with Crippen LogP contribution in [-0.4, -0.2) is 30.6 Å². The largest absolute Gasteiger partial charge is 0.359 e. The first kappa shape index (κ1) is 24.9. The van der Waals surface area contributed by atoms with Crippen LogP contribution in [0.4, 0.5) is 0 Å². The summed E-state index contributed by atoms with van der Waals surface area (Å²) in [7, 11) is 1.62. The second-order valence-electron chi connectivity index (χ2n) is 6.56. The smallest absolute Gasteiger partial charge is 0.251 e. The third-order valence-electron chi connectivity index (χ3n) is 4.59. The van der Waals surface area contributed by atoms with Gasteiger partial charge in [0.1, 0.15) is 0 Å². The van der Waals surface area contributed by atoms with Gasteiger partial charge in [-0.3, -0.25) is 4.79 Å². The van der Waals surface area contributed by atoms with Crippen molar-refractivity contribution in [1.82, 2.24) is 21.1 Å². The van der Waals surface area contributed by atoms with E-state index in [1.54, 1.807) is 13.1 Å². The van der Waals surface area contributed by atoms with E-state index < -0.39 is 0 Å². The van der Waals surface area contributed by atoms with E-state index in [1.165, 1.54) is 0 Å². The SMILES string of the molecule is CCNC(=NCc1cccc(C(=O)NC)c1)NCc1cc(C(CC)CC)no1.I. The number of nitrogens with one attached hydrogen (secondary N) is 3. The Bertz CT molecular complexity index is 787. The zero-order valence-electron chi connectivity index (χ0n) is 17.6. The number of hydrogen-bond donors (Lipinski definition) is 3. The highest BCUT2D eigenvalue weighted by Crippen LogP contribution is 2.22. The topological polar surface area (TPSA) is 91.5 Å². The molecule has 0 bridgehead atoms. The molecule has 8 heteroatoms. The lowest BCUT2D eigenvalue weighted by molar-refractivity contribution is 0.0963. The molecule has 2 rings (SSSR count). The maximum Gasteiger partial charge on any atom is 0.251 e. The highest BCUT2D eigenvalue weighted by atomic mass is 127. The van der Waals surface area contributed by atoms with Crippen LogP contribution >= 0.6 is 24.0 Å². The molecule has 160 valence electrons. The van der Waals surface area contributed by atoms with E-state index in [-0.39, 0.29) is 29.9 Å². The Morgan fingerprint density at radius 2 is 1.93 bits per heavy atom. The predicted molar refractivity (Wildman–Crippen MR) is 127 cm³/mol. The van der Waals surface area contributed by atoms with Crippen molar-refractivity contribution < 1.29 is 9.32 Å². The van der Waals surface area contributed by atoms with E-state index in [0.29, 0.717) is 30.5 Å². The monoisotopic (exact) mass is 513 g/mol. The third kappa shape index (κ3) is 7.68. The van der Waals surface area contributed by atoms with Gasteiger partial charge in [0, 0.05) is 31.1 Å². The standard InChI is InChI=1S/C21H31N5O2.HI/c1-5-16(6-2)19-12-18(28-26-19)14-25-21(23-7-3)24-13-15-9-8-10-17(11-15)20(27)22-4;/h8-12,16H,5-7,13-14H2,1-4H3,(H,22,27)(H2,23,24,25);1H. The van der Waals surface area contributed by atoms with E-state index in [9.17, 15) is 4.79 Å². The van der Waals surface area contributed by atoms with Gasteiger partial charge in [0.2, 0.25) is 0 Å². The molecule has 0 aliphatic rings. The molecule has 0 saturated heterocycles. The van der Waals surface area contributed by atoms with Gasteiger partial charge in [-0.25, -0.2) is 4.99 Å². The Kier molecular flexibility index (Phi) is 11.3. The second-order valence-corrected chi connectivity index (χ2v) is 6.56. The molecule has 2 aromatic rings. The highest BCUT2D eigenvalue weighted by Gasteiger charge is 2.13. The summed E-state index contributed by atoms with van der Waals surface area (Å²) in [5, 5.41) is 13.3. The third-order valence-corrected chi connectivity index (χ3v) is 4.59. The van der Waals surface area contributed by atoms with Crippen molar-refractivity contribution in [1.29, 1.82) is 0 Å². The molecule has 0 fully saturated rings. The normalized spacial score (nSPS) is 11.1.